The van der Waals surface area contributed by atoms with Gasteiger partial charge in [-0.1, -0.05) is 24.3 Å². The summed E-state index contributed by atoms with van der Waals surface area (Å²) < 4.78 is 44.6. The Bertz CT molecular complexity index is 1010. The van der Waals surface area contributed by atoms with Gasteiger partial charge in [0.1, 0.15) is 5.75 Å². The van der Waals surface area contributed by atoms with E-state index in [1.165, 1.54) is 0 Å². The summed E-state index contributed by atoms with van der Waals surface area (Å²) in [5.41, 5.74) is 0. The molecule has 0 heterocycles. The number of rotatable bonds is 5. The summed E-state index contributed by atoms with van der Waals surface area (Å²) in [6.45, 7) is 4.04. The highest BCUT2D eigenvalue weighted by molar-refractivity contribution is 7.86. The van der Waals surface area contributed by atoms with Crippen molar-refractivity contribution in [2.45, 2.75) is 18.7 Å². The van der Waals surface area contributed by atoms with Crippen LogP contribution in [0.25, 0.3) is 21.5 Å². The van der Waals surface area contributed by atoms with E-state index < -0.39 is 10.1 Å². The molecule has 3 rings (SSSR count). The van der Waals surface area contributed by atoms with Crippen LogP contribution in [0.2, 0.25) is 0 Å². The largest absolute Gasteiger partial charge is 0.492 e. The summed E-state index contributed by atoms with van der Waals surface area (Å²) in [6.07, 6.45) is 0. The molecule has 0 bridgehead atoms. The summed E-state index contributed by atoms with van der Waals surface area (Å²) in [4.78, 5) is -0.325. The van der Waals surface area contributed by atoms with Crippen molar-refractivity contribution in [2.75, 3.05) is 13.2 Å². The Kier molecular flexibility index (Phi) is 4.34. The molecule has 3 aromatic carbocycles. The second-order valence-corrected chi connectivity index (χ2v) is 6.65. The van der Waals surface area contributed by atoms with Gasteiger partial charge in [-0.25, -0.2) is 0 Å². The molecule has 0 amide bonds. The highest BCUT2D eigenvalue weighted by atomic mass is 32.2. The first-order valence-electron chi connectivity index (χ1n) is 7.68. The van der Waals surface area contributed by atoms with Crippen LogP contribution in [0.1, 0.15) is 13.8 Å². The Labute approximate surface area is 140 Å². The lowest BCUT2D eigenvalue weighted by atomic mass is 10.0. The lowest BCUT2D eigenvalue weighted by molar-refractivity contribution is 0.307. The van der Waals surface area contributed by atoms with Gasteiger partial charge >= 0.3 is 10.1 Å². The maximum atomic E-state index is 11.9. The summed E-state index contributed by atoms with van der Waals surface area (Å²) in [5, 5.41) is 3.38. The van der Waals surface area contributed by atoms with Crippen LogP contribution < -0.4 is 9.47 Å². The van der Waals surface area contributed by atoms with Gasteiger partial charge in [0.05, 0.1) is 13.2 Å². The van der Waals surface area contributed by atoms with E-state index in [0.717, 1.165) is 16.2 Å². The average molecular weight is 346 g/mol. The Morgan fingerprint density at radius 2 is 1.54 bits per heavy atom. The first-order valence-corrected chi connectivity index (χ1v) is 9.12. The Morgan fingerprint density at radius 1 is 0.917 bits per heavy atom. The zero-order chi connectivity index (χ0) is 17.3. The summed E-state index contributed by atoms with van der Waals surface area (Å²) in [5.74, 6) is 0.206. The van der Waals surface area contributed by atoms with Crippen LogP contribution in [0.4, 0.5) is 0 Å². The van der Waals surface area contributed by atoms with Gasteiger partial charge in [0.2, 0.25) is 0 Å². The fraction of sp³-hybridized carbons (Fsp3) is 0.222. The van der Waals surface area contributed by atoms with Crippen LogP contribution in [0.5, 0.6) is 11.5 Å². The van der Waals surface area contributed by atoms with E-state index in [9.17, 15) is 13.0 Å². The van der Waals surface area contributed by atoms with Gasteiger partial charge in [-0.15, -0.1) is 0 Å². The summed E-state index contributed by atoms with van der Waals surface area (Å²) >= 11 is 0. The predicted octanol–water partition coefficient (Wildman–Crippen LogP) is 4.04. The topological polar surface area (TPSA) is 72.8 Å². The van der Waals surface area contributed by atoms with Crippen LogP contribution >= 0.6 is 0 Å². The molecule has 24 heavy (non-hydrogen) atoms. The van der Waals surface area contributed by atoms with Crippen molar-refractivity contribution < 1.29 is 22.4 Å². The molecule has 0 radical (unpaired) electrons. The van der Waals surface area contributed by atoms with E-state index >= 15 is 0 Å². The van der Waals surface area contributed by atoms with Crippen molar-refractivity contribution in [1.82, 2.24) is 0 Å². The van der Waals surface area contributed by atoms with Crippen LogP contribution in [-0.2, 0) is 10.1 Å². The molecule has 3 aromatic rings. The maximum absolute atomic E-state index is 11.9. The van der Waals surface area contributed by atoms with Gasteiger partial charge in [0, 0.05) is 5.39 Å². The molecule has 0 fully saturated rings. The third-order valence-electron chi connectivity index (χ3n) is 3.73. The molecule has 1 N–H and O–H groups in total. The van der Waals surface area contributed by atoms with E-state index in [2.05, 4.69) is 0 Å². The summed E-state index contributed by atoms with van der Waals surface area (Å²) in [6, 6.07) is 13.2. The van der Waals surface area contributed by atoms with Gasteiger partial charge in [-0.05, 0) is 48.2 Å². The van der Waals surface area contributed by atoms with E-state index in [-0.39, 0.29) is 29.6 Å². The molecule has 0 aromatic heterocycles. The highest BCUT2D eigenvalue weighted by Gasteiger charge is 2.26. The number of hydrogen-bond donors (Lipinski definition) is 1. The number of benzene rings is 3. The molecule has 0 unspecified atom stereocenters. The molecule has 0 atom stereocenters. The minimum Gasteiger partial charge on any atom is -0.492 e. The normalized spacial score (nSPS) is 11.8. The molecular formula is C18H18O5S. The SMILES string of the molecule is CCOc1cc2cc3ccccc3cc2c(OCC)c1S(=O)(=O)O. The lowest BCUT2D eigenvalue weighted by Gasteiger charge is -2.16. The van der Waals surface area contributed by atoms with Crippen molar-refractivity contribution in [3.63, 3.8) is 0 Å². The molecule has 0 aliphatic carbocycles. The first kappa shape index (κ1) is 16.5. The van der Waals surface area contributed by atoms with E-state index in [0.29, 0.717) is 5.39 Å². The van der Waals surface area contributed by atoms with Crippen molar-refractivity contribution in [3.8, 4) is 11.5 Å². The molecule has 0 saturated heterocycles. The Balaban J connectivity index is 2.47. The van der Waals surface area contributed by atoms with Gasteiger partial charge in [-0.3, -0.25) is 4.55 Å². The molecule has 6 heteroatoms. The highest BCUT2D eigenvalue weighted by Crippen LogP contribution is 2.41. The van der Waals surface area contributed by atoms with Crippen LogP contribution in [0, 0.1) is 0 Å². The second kappa shape index (κ2) is 6.30. The third kappa shape index (κ3) is 2.90. The maximum Gasteiger partial charge on any atom is 0.301 e. The third-order valence-corrected chi connectivity index (χ3v) is 4.63. The molecule has 5 nitrogen and oxygen atoms in total. The van der Waals surface area contributed by atoms with Crippen molar-refractivity contribution in [1.29, 1.82) is 0 Å². The van der Waals surface area contributed by atoms with Crippen molar-refractivity contribution in [3.05, 3.63) is 42.5 Å². The van der Waals surface area contributed by atoms with Gasteiger partial charge in [-0.2, -0.15) is 8.42 Å². The van der Waals surface area contributed by atoms with E-state index in [1.807, 2.05) is 36.4 Å². The lowest BCUT2D eigenvalue weighted by Crippen LogP contribution is -2.08. The molecule has 0 aliphatic rings. The molecule has 126 valence electrons. The zero-order valence-corrected chi connectivity index (χ0v) is 14.3. The monoisotopic (exact) mass is 346 g/mol. The Morgan fingerprint density at radius 3 is 2.12 bits per heavy atom. The quantitative estimate of drug-likeness (QED) is 0.557. The van der Waals surface area contributed by atoms with Crippen molar-refractivity contribution >= 4 is 31.7 Å². The molecular weight excluding hydrogens is 328 g/mol. The van der Waals surface area contributed by atoms with E-state index in [4.69, 9.17) is 9.47 Å². The standard InChI is InChI=1S/C18H18O5S/c1-3-22-16-11-14-9-12-7-5-6-8-13(12)10-15(14)17(23-4-2)18(16)24(19,20)21/h5-11H,3-4H2,1-2H3,(H,19,20,21). The molecule has 0 spiro atoms. The fourth-order valence-corrected chi connectivity index (χ4v) is 3.58. The Hall–Kier alpha value is -2.31. The first-order chi connectivity index (χ1) is 11.5. The minimum atomic E-state index is -4.50. The van der Waals surface area contributed by atoms with Gasteiger partial charge in [0.15, 0.2) is 10.6 Å². The minimum absolute atomic E-state index is 0.0891. The number of hydrogen-bond acceptors (Lipinski definition) is 4. The van der Waals surface area contributed by atoms with Gasteiger partial charge < -0.3 is 9.47 Å². The zero-order valence-electron chi connectivity index (χ0n) is 13.4. The van der Waals surface area contributed by atoms with Crippen LogP contribution in [0.3, 0.4) is 0 Å². The fourth-order valence-electron chi connectivity index (χ4n) is 2.81. The van der Waals surface area contributed by atoms with E-state index in [1.54, 1.807) is 19.9 Å². The van der Waals surface area contributed by atoms with Gasteiger partial charge in [0.25, 0.3) is 0 Å². The number of ether oxygens (including phenoxy) is 2. The molecule has 0 aliphatic heterocycles. The van der Waals surface area contributed by atoms with Crippen LogP contribution in [-0.4, -0.2) is 26.2 Å². The average Bonchev–Trinajstić information content (AvgIpc) is 2.52. The van der Waals surface area contributed by atoms with Crippen molar-refractivity contribution in [2.24, 2.45) is 0 Å². The molecule has 0 saturated carbocycles. The second-order valence-electron chi connectivity index (χ2n) is 5.29. The smallest absolute Gasteiger partial charge is 0.301 e. The number of fused-ring (bicyclic) bond motifs is 2. The van der Waals surface area contributed by atoms with Crippen LogP contribution in [0.15, 0.2) is 47.4 Å². The summed E-state index contributed by atoms with van der Waals surface area (Å²) in [7, 11) is -4.50. The predicted molar refractivity (Wildman–Crippen MR) is 93.6 cm³/mol.